The molecule has 0 unspecified atom stereocenters. The third kappa shape index (κ3) is 3.07. The van der Waals surface area contributed by atoms with Crippen LogP contribution >= 0.6 is 0 Å². The summed E-state index contributed by atoms with van der Waals surface area (Å²) >= 11 is 0. The van der Waals surface area contributed by atoms with Crippen LogP contribution in [-0.2, 0) is 13.1 Å². The molecule has 2 rings (SSSR count). The Balaban J connectivity index is 2.09. The van der Waals surface area contributed by atoms with E-state index in [9.17, 15) is 4.79 Å². The largest absolute Gasteiger partial charge is 0.463 e. The average Bonchev–Trinajstić information content (AvgIpc) is 2.78. The molecule has 0 aliphatic heterocycles. The summed E-state index contributed by atoms with van der Waals surface area (Å²) in [6.45, 7) is 5.86. The molecule has 18 heavy (non-hydrogen) atoms. The number of aryl methyl sites for hydroxylation is 1. The van der Waals surface area contributed by atoms with Crippen LogP contribution < -0.4 is 11.0 Å². The summed E-state index contributed by atoms with van der Waals surface area (Å²) in [6.07, 6.45) is 1.73. The summed E-state index contributed by atoms with van der Waals surface area (Å²) in [5, 5.41) is 3.19. The van der Waals surface area contributed by atoms with Crippen molar-refractivity contribution in [3.05, 3.63) is 52.1 Å². The summed E-state index contributed by atoms with van der Waals surface area (Å²) < 4.78 is 7.16. The Morgan fingerprint density at radius 3 is 2.83 bits per heavy atom. The van der Waals surface area contributed by atoms with Crippen LogP contribution in [0, 0.1) is 6.92 Å². The van der Waals surface area contributed by atoms with Gasteiger partial charge < -0.3 is 9.73 Å². The first-order valence-corrected chi connectivity index (χ1v) is 6.01. The zero-order chi connectivity index (χ0) is 13.0. The van der Waals surface area contributed by atoms with Crippen molar-refractivity contribution < 1.29 is 4.42 Å². The van der Waals surface area contributed by atoms with E-state index in [1.54, 1.807) is 13.1 Å². The molecule has 0 atom stereocenters. The lowest BCUT2D eigenvalue weighted by molar-refractivity contribution is 0.436. The maximum atomic E-state index is 11.6. The van der Waals surface area contributed by atoms with Crippen LogP contribution in [-0.4, -0.2) is 16.1 Å². The van der Waals surface area contributed by atoms with Gasteiger partial charge in [-0.25, -0.2) is 4.79 Å². The standard InChI is InChI=1S/C13H17N3O2/c1-3-14-8-11-4-5-12(18-11)9-16-7-6-10(2)15-13(16)17/h4-7,14H,3,8-9H2,1-2H3. The Hall–Kier alpha value is -1.88. The van der Waals surface area contributed by atoms with Crippen LogP contribution in [0.4, 0.5) is 0 Å². The summed E-state index contributed by atoms with van der Waals surface area (Å²) in [5.74, 6) is 1.63. The smallest absolute Gasteiger partial charge is 0.348 e. The molecule has 0 saturated heterocycles. The van der Waals surface area contributed by atoms with Gasteiger partial charge in [-0.15, -0.1) is 0 Å². The predicted molar refractivity (Wildman–Crippen MR) is 68.4 cm³/mol. The van der Waals surface area contributed by atoms with Gasteiger partial charge in [-0.2, -0.15) is 4.98 Å². The van der Waals surface area contributed by atoms with Gasteiger partial charge in [0, 0.05) is 11.9 Å². The lowest BCUT2D eigenvalue weighted by Gasteiger charge is -2.02. The fourth-order valence-electron chi connectivity index (χ4n) is 1.65. The normalized spacial score (nSPS) is 10.8. The molecule has 0 spiro atoms. The van der Waals surface area contributed by atoms with Crippen molar-refractivity contribution in [2.75, 3.05) is 6.54 Å². The van der Waals surface area contributed by atoms with Crippen molar-refractivity contribution in [3.63, 3.8) is 0 Å². The van der Waals surface area contributed by atoms with Gasteiger partial charge in [0.25, 0.3) is 0 Å². The third-order valence-corrected chi connectivity index (χ3v) is 2.61. The molecule has 0 aromatic carbocycles. The second kappa shape index (κ2) is 5.64. The minimum absolute atomic E-state index is 0.250. The summed E-state index contributed by atoms with van der Waals surface area (Å²) in [7, 11) is 0. The number of hydrogen-bond acceptors (Lipinski definition) is 4. The van der Waals surface area contributed by atoms with Crippen LogP contribution in [0.3, 0.4) is 0 Å². The van der Waals surface area contributed by atoms with Crippen LogP contribution in [0.25, 0.3) is 0 Å². The van der Waals surface area contributed by atoms with E-state index >= 15 is 0 Å². The maximum absolute atomic E-state index is 11.6. The lowest BCUT2D eigenvalue weighted by atomic mass is 10.4. The molecule has 0 aliphatic carbocycles. The molecule has 0 fully saturated rings. The molecule has 2 aromatic rings. The minimum atomic E-state index is -0.250. The van der Waals surface area contributed by atoms with Crippen LogP contribution in [0.15, 0.2) is 33.6 Å². The highest BCUT2D eigenvalue weighted by Crippen LogP contribution is 2.08. The molecule has 0 saturated carbocycles. The number of nitrogens with zero attached hydrogens (tertiary/aromatic N) is 2. The predicted octanol–water partition coefficient (Wildman–Crippen LogP) is 1.30. The Bertz CT molecular complexity index is 572. The lowest BCUT2D eigenvalue weighted by Crippen LogP contribution is -2.23. The first-order chi connectivity index (χ1) is 8.69. The molecule has 2 aromatic heterocycles. The highest BCUT2D eigenvalue weighted by atomic mass is 16.3. The van der Waals surface area contributed by atoms with Crippen LogP contribution in [0.5, 0.6) is 0 Å². The average molecular weight is 247 g/mol. The maximum Gasteiger partial charge on any atom is 0.348 e. The van der Waals surface area contributed by atoms with Gasteiger partial charge in [-0.3, -0.25) is 4.57 Å². The summed E-state index contributed by atoms with van der Waals surface area (Å²) in [4.78, 5) is 15.5. The first-order valence-electron chi connectivity index (χ1n) is 6.01. The number of furan rings is 1. The van der Waals surface area contributed by atoms with E-state index in [1.165, 1.54) is 4.57 Å². The van der Waals surface area contributed by atoms with Crippen LogP contribution in [0.1, 0.15) is 24.1 Å². The van der Waals surface area contributed by atoms with Gasteiger partial charge in [0.15, 0.2) is 0 Å². The van der Waals surface area contributed by atoms with Gasteiger partial charge in [0.1, 0.15) is 11.5 Å². The second-order valence-electron chi connectivity index (χ2n) is 4.13. The van der Waals surface area contributed by atoms with Crippen molar-refractivity contribution >= 4 is 0 Å². The van der Waals surface area contributed by atoms with E-state index in [-0.39, 0.29) is 5.69 Å². The van der Waals surface area contributed by atoms with E-state index in [2.05, 4.69) is 10.3 Å². The van der Waals surface area contributed by atoms with E-state index in [1.807, 2.05) is 25.1 Å². The third-order valence-electron chi connectivity index (χ3n) is 2.61. The highest BCUT2D eigenvalue weighted by molar-refractivity contribution is 5.08. The number of hydrogen-bond donors (Lipinski definition) is 1. The molecule has 5 heteroatoms. The molecular weight excluding hydrogens is 230 g/mol. The number of nitrogens with one attached hydrogen (secondary N) is 1. The fourth-order valence-corrected chi connectivity index (χ4v) is 1.65. The van der Waals surface area contributed by atoms with E-state index in [0.29, 0.717) is 13.1 Å². The van der Waals surface area contributed by atoms with Crippen molar-refractivity contribution in [2.24, 2.45) is 0 Å². The van der Waals surface area contributed by atoms with Crippen LogP contribution in [0.2, 0.25) is 0 Å². The van der Waals surface area contributed by atoms with Crippen molar-refractivity contribution in [1.29, 1.82) is 0 Å². The fraction of sp³-hybridized carbons (Fsp3) is 0.385. The molecule has 0 amide bonds. The Morgan fingerprint density at radius 2 is 2.11 bits per heavy atom. The monoisotopic (exact) mass is 247 g/mol. The zero-order valence-electron chi connectivity index (χ0n) is 10.6. The molecular formula is C13H17N3O2. The second-order valence-corrected chi connectivity index (χ2v) is 4.13. The zero-order valence-corrected chi connectivity index (χ0v) is 10.6. The van der Waals surface area contributed by atoms with Crippen molar-refractivity contribution in [3.8, 4) is 0 Å². The summed E-state index contributed by atoms with van der Waals surface area (Å²) in [5.41, 5.74) is 0.475. The molecule has 96 valence electrons. The Morgan fingerprint density at radius 1 is 1.33 bits per heavy atom. The van der Waals surface area contributed by atoms with Gasteiger partial charge in [0.05, 0.1) is 13.1 Å². The van der Waals surface area contributed by atoms with Gasteiger partial charge in [-0.1, -0.05) is 6.92 Å². The Labute approximate surface area is 105 Å². The quantitative estimate of drug-likeness (QED) is 0.865. The topological polar surface area (TPSA) is 60.1 Å². The van der Waals surface area contributed by atoms with Crippen molar-refractivity contribution in [1.82, 2.24) is 14.9 Å². The first kappa shape index (κ1) is 12.6. The molecule has 5 nitrogen and oxygen atoms in total. The minimum Gasteiger partial charge on any atom is -0.463 e. The van der Waals surface area contributed by atoms with Crippen molar-refractivity contribution in [2.45, 2.75) is 26.9 Å². The van der Waals surface area contributed by atoms with Gasteiger partial charge >= 0.3 is 5.69 Å². The Kier molecular flexibility index (Phi) is 3.94. The molecule has 1 N–H and O–H groups in total. The number of rotatable bonds is 5. The van der Waals surface area contributed by atoms with E-state index < -0.39 is 0 Å². The van der Waals surface area contributed by atoms with E-state index in [4.69, 9.17) is 4.42 Å². The molecule has 2 heterocycles. The highest BCUT2D eigenvalue weighted by Gasteiger charge is 2.04. The van der Waals surface area contributed by atoms with Gasteiger partial charge in [0.2, 0.25) is 0 Å². The van der Waals surface area contributed by atoms with Gasteiger partial charge in [-0.05, 0) is 31.7 Å². The summed E-state index contributed by atoms with van der Waals surface area (Å²) in [6, 6.07) is 5.62. The molecule has 0 bridgehead atoms. The van der Waals surface area contributed by atoms with E-state index in [0.717, 1.165) is 23.8 Å². The SMILES string of the molecule is CCNCc1ccc(Cn2ccc(C)nc2=O)o1. The molecule has 0 radical (unpaired) electrons. The molecule has 0 aliphatic rings. The number of aromatic nitrogens is 2.